The Kier molecular flexibility index (Phi) is 12.2. The third-order valence-corrected chi connectivity index (χ3v) is 16.0. The average Bonchev–Trinajstić information content (AvgIpc) is 3.44. The summed E-state index contributed by atoms with van der Waals surface area (Å²) in [5.74, 6) is -11.6. The number of aliphatic hydroxyl groups excluding tert-OH is 1. The van der Waals surface area contributed by atoms with Gasteiger partial charge in [0.05, 0.1) is 35.1 Å². The first-order chi connectivity index (χ1) is 27.7. The minimum Gasteiger partial charge on any atom is -0.481 e. The van der Waals surface area contributed by atoms with Crippen molar-refractivity contribution in [2.75, 3.05) is 13.1 Å². The Morgan fingerprint density at radius 3 is 2.03 bits per heavy atom. The zero-order valence-corrected chi connectivity index (χ0v) is 36.6. The van der Waals surface area contributed by atoms with E-state index in [9.17, 15) is 44.7 Å². The van der Waals surface area contributed by atoms with E-state index in [1.807, 2.05) is 13.8 Å². The molecule has 0 amide bonds. The molecule has 7 aliphatic rings. The smallest absolute Gasteiger partial charge is 0.338 e. The second-order valence-corrected chi connectivity index (χ2v) is 19.8. The molecule has 0 aromatic heterocycles. The zero-order valence-electron chi connectivity index (χ0n) is 36.6. The van der Waals surface area contributed by atoms with Gasteiger partial charge in [0.25, 0.3) is 5.97 Å². The molecule has 17 heteroatoms. The van der Waals surface area contributed by atoms with Crippen LogP contribution in [0.1, 0.15) is 114 Å². The van der Waals surface area contributed by atoms with Crippen LogP contribution in [-0.4, -0.2) is 143 Å². The van der Waals surface area contributed by atoms with Crippen LogP contribution in [0.25, 0.3) is 0 Å². The number of esters is 4. The van der Waals surface area contributed by atoms with E-state index < -0.39 is 129 Å². The van der Waals surface area contributed by atoms with Gasteiger partial charge in [-0.2, -0.15) is 0 Å². The van der Waals surface area contributed by atoms with Gasteiger partial charge in [-0.3, -0.25) is 24.1 Å². The lowest BCUT2D eigenvalue weighted by molar-refractivity contribution is -0.301. The summed E-state index contributed by atoms with van der Waals surface area (Å²) in [7, 11) is 0. The standard InChI is InChI=1S/C41H63NO14.C2H4O2/c1-10-20(4)34(46)55-33-28(45)27-23(18-42-17-19(3)12-13-25(42)38(27,9)49)24-16-39-32(40(24,33)50)30(53-22(6)44)29(52-21(5)43)31-36(39,7)15-14-26(41(31,51)56-39)54-35(47)37(8,48)11-2;1-2(3)4/h19-20,23-33,45,48-51H,10-18H2,1-9H3;1H3,(H,3,4)/t19-,20+,23-,24-,25-,26-,27+,28+,29-,30+,31-,32+,33-,36-,37-,38+,39+,40-,41+;/m0./s1. The highest BCUT2D eigenvalue weighted by atomic mass is 16.7. The van der Waals surface area contributed by atoms with Gasteiger partial charge < -0.3 is 54.3 Å². The molecular weight excluding hydrogens is 786 g/mol. The lowest BCUT2D eigenvalue weighted by atomic mass is 9.48. The third-order valence-electron chi connectivity index (χ3n) is 16.0. The summed E-state index contributed by atoms with van der Waals surface area (Å²) in [6, 6.07) is -0.309. The Labute approximate surface area is 351 Å². The van der Waals surface area contributed by atoms with Crippen LogP contribution in [0, 0.1) is 46.8 Å². The number of rotatable bonds is 8. The van der Waals surface area contributed by atoms with Gasteiger partial charge in [0.1, 0.15) is 17.8 Å². The van der Waals surface area contributed by atoms with Crippen molar-refractivity contribution >= 4 is 29.8 Å². The van der Waals surface area contributed by atoms with Crippen LogP contribution in [0.5, 0.6) is 0 Å². The van der Waals surface area contributed by atoms with Crippen LogP contribution in [0.3, 0.4) is 0 Å². The number of carbonyl (C=O) groups is 5. The van der Waals surface area contributed by atoms with Crippen LogP contribution in [0.15, 0.2) is 0 Å². The molecule has 60 heavy (non-hydrogen) atoms. The fourth-order valence-electron chi connectivity index (χ4n) is 13.1. The number of carboxylic acid groups (broad SMARTS) is 1. The molecule has 3 heterocycles. The summed E-state index contributed by atoms with van der Waals surface area (Å²) in [4.78, 5) is 64.6. The van der Waals surface area contributed by atoms with Crippen molar-refractivity contribution in [1.29, 1.82) is 0 Å². The van der Waals surface area contributed by atoms with E-state index in [-0.39, 0.29) is 31.7 Å². The first-order valence-electron chi connectivity index (χ1n) is 21.7. The maximum Gasteiger partial charge on any atom is 0.338 e. The van der Waals surface area contributed by atoms with E-state index >= 15 is 0 Å². The molecular formula is C43H67NO16. The molecule has 3 saturated heterocycles. The van der Waals surface area contributed by atoms with Gasteiger partial charge in [-0.15, -0.1) is 0 Å². The first kappa shape index (κ1) is 46.6. The molecule has 7 rings (SSSR count). The van der Waals surface area contributed by atoms with Crippen molar-refractivity contribution in [3.8, 4) is 0 Å². The number of carboxylic acids is 1. The van der Waals surface area contributed by atoms with E-state index in [1.165, 1.54) is 20.8 Å². The molecule has 0 aromatic carbocycles. The molecule has 4 bridgehead atoms. The molecule has 0 aromatic rings. The first-order valence-corrected chi connectivity index (χ1v) is 21.7. The van der Waals surface area contributed by atoms with Crippen LogP contribution in [0.4, 0.5) is 0 Å². The third kappa shape index (κ3) is 6.87. The molecule has 0 radical (unpaired) electrons. The van der Waals surface area contributed by atoms with Gasteiger partial charge in [-0.05, 0) is 76.5 Å². The number of fused-ring (bicyclic) bond motifs is 5. The van der Waals surface area contributed by atoms with Crippen LogP contribution >= 0.6 is 0 Å². The minimum absolute atomic E-state index is 0.0107. The maximum atomic E-state index is 13.9. The van der Waals surface area contributed by atoms with Crippen LogP contribution in [-0.2, 0) is 47.7 Å². The number of nitrogens with zero attached hydrogens (tertiary/aromatic N) is 1. The lowest BCUT2D eigenvalue weighted by Crippen LogP contribution is -2.78. The van der Waals surface area contributed by atoms with Crippen molar-refractivity contribution < 1.29 is 78.3 Å². The monoisotopic (exact) mass is 853 g/mol. The van der Waals surface area contributed by atoms with Crippen molar-refractivity contribution in [1.82, 2.24) is 4.90 Å². The normalized spacial score (nSPS) is 47.6. The highest BCUT2D eigenvalue weighted by Gasteiger charge is 2.90. The number of carbonyl (C=O) groups excluding carboxylic acids is 4. The highest BCUT2D eigenvalue weighted by molar-refractivity contribution is 5.79. The number of ether oxygens (including phenoxy) is 5. The Balaban J connectivity index is 0.00000144. The largest absolute Gasteiger partial charge is 0.481 e. The van der Waals surface area contributed by atoms with Gasteiger partial charge in [-0.25, -0.2) is 4.79 Å². The highest BCUT2D eigenvalue weighted by Crippen LogP contribution is 2.78. The summed E-state index contributed by atoms with van der Waals surface area (Å²) in [6.07, 6.45) is -5.31. The van der Waals surface area contributed by atoms with Crippen molar-refractivity contribution in [3.63, 3.8) is 0 Å². The summed E-state index contributed by atoms with van der Waals surface area (Å²) in [6.45, 7) is 16.6. The fraction of sp³-hybridized carbons (Fsp3) is 0.884. The molecule has 6 N–H and O–H groups in total. The number of hydrogen-bond donors (Lipinski definition) is 6. The van der Waals surface area contributed by atoms with E-state index in [1.54, 1.807) is 20.8 Å². The number of piperidine rings is 2. The Bertz CT molecular complexity index is 1720. The zero-order chi connectivity index (χ0) is 44.9. The number of aliphatic hydroxyl groups is 5. The molecule has 7 fully saturated rings. The quantitative estimate of drug-likeness (QED) is 0.150. The molecule has 4 saturated carbocycles. The Hall–Kier alpha value is -2.93. The SMILES string of the molecule is CC(=O)O.CC[C@@H](C)C(=O)O[C@H]1[C@H](O)[C@H]2[C@@H](CN3C[C@@H](C)CC[C@H]3[C@@]2(C)O)[C@@H]2C[C@]34O[C@]5(O)[C@@H](OC(=O)[C@@](C)(O)CC)CC[C@@]3(C)[C@@H]5[C@@H](OC(C)=O)[C@@H](OC(C)=O)[C@H]4[C@@]21O. The van der Waals surface area contributed by atoms with Crippen LogP contribution in [0.2, 0.25) is 0 Å². The molecule has 3 aliphatic heterocycles. The van der Waals surface area contributed by atoms with E-state index in [4.69, 9.17) is 33.6 Å². The summed E-state index contributed by atoms with van der Waals surface area (Å²) < 4.78 is 31.3. The molecule has 1 spiro atoms. The molecule has 4 aliphatic carbocycles. The second-order valence-electron chi connectivity index (χ2n) is 19.8. The average molecular weight is 854 g/mol. The topological polar surface area (TPSA) is 256 Å². The molecule has 19 atom stereocenters. The van der Waals surface area contributed by atoms with Gasteiger partial charge in [0.15, 0.2) is 17.8 Å². The number of aliphatic carboxylic acids is 1. The molecule has 340 valence electrons. The summed E-state index contributed by atoms with van der Waals surface area (Å²) >= 11 is 0. The van der Waals surface area contributed by atoms with Gasteiger partial charge in [-0.1, -0.05) is 34.6 Å². The van der Waals surface area contributed by atoms with Gasteiger partial charge in [0.2, 0.25) is 5.79 Å². The maximum absolute atomic E-state index is 13.9. The van der Waals surface area contributed by atoms with Gasteiger partial charge >= 0.3 is 23.9 Å². The second kappa shape index (κ2) is 15.7. The van der Waals surface area contributed by atoms with Crippen LogP contribution < -0.4 is 0 Å². The minimum atomic E-state index is -2.38. The van der Waals surface area contributed by atoms with E-state index in [0.29, 0.717) is 31.8 Å². The van der Waals surface area contributed by atoms with Crippen molar-refractivity contribution in [2.24, 2.45) is 46.8 Å². The predicted octanol–water partition coefficient (Wildman–Crippen LogP) is 1.70. The van der Waals surface area contributed by atoms with E-state index in [0.717, 1.165) is 13.3 Å². The molecule has 17 nitrogen and oxygen atoms in total. The van der Waals surface area contributed by atoms with Crippen molar-refractivity contribution in [2.45, 2.75) is 179 Å². The number of hydrogen-bond acceptors (Lipinski definition) is 16. The fourth-order valence-corrected chi connectivity index (χ4v) is 13.1. The molecule has 0 unspecified atom stereocenters. The Morgan fingerprint density at radius 1 is 0.900 bits per heavy atom. The Morgan fingerprint density at radius 2 is 1.48 bits per heavy atom. The lowest BCUT2D eigenvalue weighted by Gasteiger charge is -2.64. The van der Waals surface area contributed by atoms with Gasteiger partial charge in [0, 0.05) is 51.2 Å². The van der Waals surface area contributed by atoms with Crippen molar-refractivity contribution in [3.05, 3.63) is 0 Å². The van der Waals surface area contributed by atoms with E-state index in [2.05, 4.69) is 11.8 Å². The summed E-state index contributed by atoms with van der Waals surface area (Å²) in [5, 5.41) is 70.4. The summed E-state index contributed by atoms with van der Waals surface area (Å²) in [5.41, 5.74) is -8.37. The predicted molar refractivity (Wildman–Crippen MR) is 208 cm³/mol.